The van der Waals surface area contributed by atoms with Gasteiger partial charge in [0.25, 0.3) is 0 Å². The summed E-state index contributed by atoms with van der Waals surface area (Å²) in [5.74, 6) is 0. The lowest BCUT2D eigenvalue weighted by atomic mass is 10.2. The minimum absolute atomic E-state index is 0.632. The summed E-state index contributed by atoms with van der Waals surface area (Å²) >= 11 is 0. The molecule has 0 atom stereocenters. The van der Waals surface area contributed by atoms with Crippen molar-refractivity contribution in [2.45, 2.75) is 19.3 Å². The summed E-state index contributed by atoms with van der Waals surface area (Å²) in [6, 6.07) is 0. The van der Waals surface area contributed by atoms with E-state index in [0.717, 1.165) is 38.0 Å². The lowest BCUT2D eigenvalue weighted by Gasteiger charge is -2.01. The van der Waals surface area contributed by atoms with Gasteiger partial charge in [-0.25, -0.2) is 0 Å². The van der Waals surface area contributed by atoms with Crippen molar-refractivity contribution in [3.8, 4) is 0 Å². The van der Waals surface area contributed by atoms with Gasteiger partial charge in [-0.2, -0.15) is 0 Å². The Morgan fingerprint density at radius 2 is 1.92 bits per heavy atom. The normalized spacial score (nSPS) is 11.7. The molecule has 0 saturated heterocycles. The molecule has 0 aliphatic rings. The third-order valence-corrected chi connectivity index (χ3v) is 1.50. The average molecular weight is 172 g/mol. The second-order valence-electron chi connectivity index (χ2n) is 2.71. The summed E-state index contributed by atoms with van der Waals surface area (Å²) in [4.78, 5) is 0. The van der Waals surface area contributed by atoms with Gasteiger partial charge in [0.2, 0.25) is 0 Å². The van der Waals surface area contributed by atoms with Crippen molar-refractivity contribution in [1.82, 2.24) is 5.32 Å². The van der Waals surface area contributed by atoms with Gasteiger partial charge in [0, 0.05) is 25.0 Å². The first-order valence-electron chi connectivity index (χ1n) is 4.39. The highest BCUT2D eigenvalue weighted by Crippen LogP contribution is 1.98. The first-order chi connectivity index (χ1) is 5.81. The quantitative estimate of drug-likeness (QED) is 0.388. The van der Waals surface area contributed by atoms with E-state index in [9.17, 15) is 0 Å². The highest BCUT2D eigenvalue weighted by Gasteiger charge is 1.89. The van der Waals surface area contributed by atoms with E-state index in [1.54, 1.807) is 0 Å². The van der Waals surface area contributed by atoms with Gasteiger partial charge in [-0.3, -0.25) is 0 Å². The summed E-state index contributed by atoms with van der Waals surface area (Å²) in [5.41, 5.74) is 17.2. The molecule has 4 nitrogen and oxygen atoms in total. The zero-order valence-corrected chi connectivity index (χ0v) is 7.55. The van der Waals surface area contributed by atoms with E-state index in [1.165, 1.54) is 0 Å². The number of hydrogen-bond donors (Lipinski definition) is 4. The molecule has 72 valence electrons. The van der Waals surface area contributed by atoms with Crippen LogP contribution in [0.4, 0.5) is 0 Å². The van der Waals surface area contributed by atoms with E-state index >= 15 is 0 Å². The van der Waals surface area contributed by atoms with Crippen molar-refractivity contribution in [3.05, 3.63) is 11.9 Å². The SMILES string of the molecule is NCCCC/C(N)=C\NCCN. The Balaban J connectivity index is 3.29. The standard InChI is InChI=1S/C8H20N4/c9-4-2-1-3-8(11)7-12-6-5-10/h7,12H,1-6,9-11H2/b8-7+. The Hall–Kier alpha value is -0.740. The average Bonchev–Trinajstić information content (AvgIpc) is 2.06. The molecule has 0 saturated carbocycles. The maximum absolute atomic E-state index is 5.67. The van der Waals surface area contributed by atoms with Gasteiger partial charge in [-0.05, 0) is 25.8 Å². The number of nitrogens with two attached hydrogens (primary N) is 3. The molecular formula is C8H20N4. The topological polar surface area (TPSA) is 90.1 Å². The van der Waals surface area contributed by atoms with Crippen LogP contribution >= 0.6 is 0 Å². The first kappa shape index (κ1) is 11.3. The van der Waals surface area contributed by atoms with Gasteiger partial charge in [-0.1, -0.05) is 0 Å². The molecule has 7 N–H and O–H groups in total. The molecule has 0 aliphatic heterocycles. The molecule has 0 aromatic rings. The predicted octanol–water partition coefficient (Wildman–Crippen LogP) is -0.536. The largest absolute Gasteiger partial charge is 0.401 e. The number of allylic oxidation sites excluding steroid dienone is 1. The van der Waals surface area contributed by atoms with Crippen LogP contribution < -0.4 is 22.5 Å². The van der Waals surface area contributed by atoms with E-state index in [4.69, 9.17) is 17.2 Å². The lowest BCUT2D eigenvalue weighted by Crippen LogP contribution is -2.18. The second kappa shape index (κ2) is 8.36. The van der Waals surface area contributed by atoms with Crippen LogP contribution in [0.15, 0.2) is 11.9 Å². The summed E-state index contributed by atoms with van der Waals surface area (Å²) in [5, 5.41) is 3.02. The van der Waals surface area contributed by atoms with Crippen LogP contribution in [0.25, 0.3) is 0 Å². The third kappa shape index (κ3) is 7.37. The molecule has 0 bridgehead atoms. The van der Waals surface area contributed by atoms with Crippen LogP contribution in [0, 0.1) is 0 Å². The third-order valence-electron chi connectivity index (χ3n) is 1.50. The molecule has 0 aromatic carbocycles. The van der Waals surface area contributed by atoms with Crippen molar-refractivity contribution >= 4 is 0 Å². The summed E-state index contributed by atoms with van der Waals surface area (Å²) in [6.45, 7) is 2.15. The highest BCUT2D eigenvalue weighted by atomic mass is 14.9. The number of rotatable bonds is 7. The molecule has 0 heterocycles. The van der Waals surface area contributed by atoms with Gasteiger partial charge in [0.05, 0.1) is 0 Å². The molecule has 0 rings (SSSR count). The summed E-state index contributed by atoms with van der Waals surface area (Å²) in [6.07, 6.45) is 4.83. The Morgan fingerprint density at radius 3 is 2.50 bits per heavy atom. The predicted molar refractivity (Wildman–Crippen MR) is 52.2 cm³/mol. The minimum Gasteiger partial charge on any atom is -0.401 e. The van der Waals surface area contributed by atoms with Crippen molar-refractivity contribution in [3.63, 3.8) is 0 Å². The molecule has 4 heteroatoms. The summed E-state index contributed by atoms with van der Waals surface area (Å²) < 4.78 is 0. The zero-order valence-electron chi connectivity index (χ0n) is 7.55. The monoisotopic (exact) mass is 172 g/mol. The molecule has 0 radical (unpaired) electrons. The Labute approximate surface area is 74.2 Å². The Morgan fingerprint density at radius 1 is 1.17 bits per heavy atom. The smallest absolute Gasteiger partial charge is 0.0265 e. The number of hydrogen-bond acceptors (Lipinski definition) is 4. The molecule has 0 fully saturated rings. The molecule has 0 aliphatic carbocycles. The fourth-order valence-electron chi connectivity index (χ4n) is 0.832. The molecule has 0 aromatic heterocycles. The Kier molecular flexibility index (Phi) is 7.84. The number of unbranched alkanes of at least 4 members (excludes halogenated alkanes) is 1. The van der Waals surface area contributed by atoms with Gasteiger partial charge in [0.15, 0.2) is 0 Å². The maximum Gasteiger partial charge on any atom is 0.0265 e. The molecule has 12 heavy (non-hydrogen) atoms. The van der Waals surface area contributed by atoms with Crippen molar-refractivity contribution < 1.29 is 0 Å². The van der Waals surface area contributed by atoms with Crippen LogP contribution in [0.1, 0.15) is 19.3 Å². The van der Waals surface area contributed by atoms with E-state index < -0.39 is 0 Å². The van der Waals surface area contributed by atoms with Crippen LogP contribution in [-0.2, 0) is 0 Å². The minimum atomic E-state index is 0.632. The maximum atomic E-state index is 5.67. The van der Waals surface area contributed by atoms with Gasteiger partial charge in [-0.15, -0.1) is 0 Å². The summed E-state index contributed by atoms with van der Waals surface area (Å²) in [7, 11) is 0. The van der Waals surface area contributed by atoms with Crippen molar-refractivity contribution in [1.29, 1.82) is 0 Å². The Bertz CT molecular complexity index is 122. The zero-order chi connectivity index (χ0) is 9.23. The lowest BCUT2D eigenvalue weighted by molar-refractivity contribution is 0.726. The van der Waals surface area contributed by atoms with E-state index in [2.05, 4.69) is 5.32 Å². The van der Waals surface area contributed by atoms with Crippen molar-refractivity contribution in [2.24, 2.45) is 17.2 Å². The van der Waals surface area contributed by atoms with Crippen molar-refractivity contribution in [2.75, 3.05) is 19.6 Å². The van der Waals surface area contributed by atoms with Crippen LogP contribution in [-0.4, -0.2) is 19.6 Å². The van der Waals surface area contributed by atoms with E-state index in [1.807, 2.05) is 6.20 Å². The van der Waals surface area contributed by atoms with Crippen LogP contribution in [0.2, 0.25) is 0 Å². The first-order valence-corrected chi connectivity index (χ1v) is 4.39. The van der Waals surface area contributed by atoms with Gasteiger partial charge in [0.1, 0.15) is 0 Å². The van der Waals surface area contributed by atoms with Gasteiger partial charge < -0.3 is 22.5 Å². The van der Waals surface area contributed by atoms with E-state index in [0.29, 0.717) is 6.54 Å². The fourth-order valence-corrected chi connectivity index (χ4v) is 0.832. The second-order valence-corrected chi connectivity index (χ2v) is 2.71. The van der Waals surface area contributed by atoms with E-state index in [-0.39, 0.29) is 0 Å². The molecule has 0 amide bonds. The van der Waals surface area contributed by atoms with Crippen LogP contribution in [0.3, 0.4) is 0 Å². The molecule has 0 unspecified atom stereocenters. The number of nitrogens with one attached hydrogen (secondary N) is 1. The van der Waals surface area contributed by atoms with Gasteiger partial charge >= 0.3 is 0 Å². The molecular weight excluding hydrogens is 152 g/mol. The highest BCUT2D eigenvalue weighted by molar-refractivity contribution is 4.94. The van der Waals surface area contributed by atoms with Crippen LogP contribution in [0.5, 0.6) is 0 Å². The fraction of sp³-hybridized carbons (Fsp3) is 0.750. The molecule has 0 spiro atoms.